The molecule has 2 aromatic rings. The van der Waals surface area contributed by atoms with Gasteiger partial charge in [0.1, 0.15) is 36.5 Å². The van der Waals surface area contributed by atoms with E-state index in [1.807, 2.05) is 37.3 Å². The maximum absolute atomic E-state index is 10.9. The molecule has 0 amide bonds. The molecule has 0 aliphatic carbocycles. The molecule has 0 unspecified atom stereocenters. The van der Waals surface area contributed by atoms with E-state index in [0.717, 1.165) is 41.4 Å². The molecule has 0 saturated carbocycles. The van der Waals surface area contributed by atoms with Crippen LogP contribution in [0.1, 0.15) is 5.56 Å². The fourth-order valence-corrected chi connectivity index (χ4v) is 2.18. The summed E-state index contributed by atoms with van der Waals surface area (Å²) in [6, 6.07) is 13.1. The van der Waals surface area contributed by atoms with E-state index in [1.165, 1.54) is 12.5 Å². The molecule has 0 aliphatic heterocycles. The van der Waals surface area contributed by atoms with Gasteiger partial charge in [0, 0.05) is 12.2 Å². The van der Waals surface area contributed by atoms with E-state index in [-0.39, 0.29) is 0 Å². The first-order valence-corrected chi connectivity index (χ1v) is 8.54. The zero-order chi connectivity index (χ0) is 21.1. The Balaban J connectivity index is 1.97. The van der Waals surface area contributed by atoms with Crippen LogP contribution in [0.15, 0.2) is 92.8 Å². The van der Waals surface area contributed by atoms with E-state index in [4.69, 9.17) is 14.2 Å². The number of esters is 2. The summed E-state index contributed by atoms with van der Waals surface area (Å²) in [5.74, 6) is 0.114. The highest BCUT2D eigenvalue weighted by Crippen LogP contribution is 2.27. The molecule has 0 heterocycles. The predicted molar refractivity (Wildman–Crippen MR) is 109 cm³/mol. The number of rotatable bonds is 9. The molecule has 148 valence electrons. The molecular formula is C23H20O6. The topological polar surface area (TPSA) is 71.1 Å². The molecule has 0 aliphatic rings. The van der Waals surface area contributed by atoms with Gasteiger partial charge in [-0.1, -0.05) is 31.4 Å². The average molecular weight is 392 g/mol. The van der Waals surface area contributed by atoms with Crippen molar-refractivity contribution in [3.8, 4) is 22.6 Å². The van der Waals surface area contributed by atoms with Crippen LogP contribution in [0.2, 0.25) is 0 Å². The molecule has 0 atom stereocenters. The van der Waals surface area contributed by atoms with Gasteiger partial charge in [0.25, 0.3) is 0 Å². The summed E-state index contributed by atoms with van der Waals surface area (Å²) in [5, 5.41) is 0. The molecule has 2 aromatic carbocycles. The van der Waals surface area contributed by atoms with Crippen molar-refractivity contribution in [1.82, 2.24) is 0 Å². The molecule has 6 heteroatoms. The number of benzene rings is 2. The summed E-state index contributed by atoms with van der Waals surface area (Å²) in [6.07, 6.45) is 6.98. The second-order valence-electron chi connectivity index (χ2n) is 5.57. The second kappa shape index (κ2) is 10.9. The van der Waals surface area contributed by atoms with Crippen LogP contribution in [0.25, 0.3) is 11.1 Å². The molecule has 6 nitrogen and oxygen atoms in total. The number of aryl methyl sites for hydroxylation is 1. The van der Waals surface area contributed by atoms with Crippen LogP contribution in [0.4, 0.5) is 0 Å². The van der Waals surface area contributed by atoms with Crippen LogP contribution in [-0.4, -0.2) is 11.9 Å². The Kier molecular flexibility index (Phi) is 8.01. The van der Waals surface area contributed by atoms with Crippen molar-refractivity contribution < 1.29 is 28.5 Å². The number of carbonyl (C=O) groups is 2. The Morgan fingerprint density at radius 3 is 1.86 bits per heavy atom. The van der Waals surface area contributed by atoms with Crippen LogP contribution in [0.3, 0.4) is 0 Å². The van der Waals surface area contributed by atoms with Crippen molar-refractivity contribution in [2.45, 2.75) is 6.92 Å². The van der Waals surface area contributed by atoms with Crippen molar-refractivity contribution in [2.24, 2.45) is 0 Å². The molecule has 0 saturated heterocycles. The number of ether oxygens (including phenoxy) is 4. The minimum Gasteiger partial charge on any atom is -0.462 e. The highest BCUT2D eigenvalue weighted by molar-refractivity contribution is 5.82. The largest absolute Gasteiger partial charge is 0.462 e. The molecule has 0 fully saturated rings. The van der Waals surface area contributed by atoms with Gasteiger partial charge in [-0.3, -0.25) is 0 Å². The van der Waals surface area contributed by atoms with Crippen molar-refractivity contribution in [2.75, 3.05) is 0 Å². The highest BCUT2D eigenvalue weighted by atomic mass is 16.5. The van der Waals surface area contributed by atoms with Gasteiger partial charge in [0.2, 0.25) is 0 Å². The van der Waals surface area contributed by atoms with E-state index in [1.54, 1.807) is 12.1 Å². The Labute approximate surface area is 169 Å². The van der Waals surface area contributed by atoms with Crippen LogP contribution in [0.5, 0.6) is 11.5 Å². The fraction of sp³-hybridized carbons (Fsp3) is 0.0435. The average Bonchev–Trinajstić information content (AvgIpc) is 2.75. The fourth-order valence-electron chi connectivity index (χ4n) is 2.18. The zero-order valence-corrected chi connectivity index (χ0v) is 15.9. The summed E-state index contributed by atoms with van der Waals surface area (Å²) >= 11 is 0. The number of carbonyl (C=O) groups excluding carboxylic acids is 2. The van der Waals surface area contributed by atoms with Gasteiger partial charge >= 0.3 is 11.9 Å². The van der Waals surface area contributed by atoms with Gasteiger partial charge in [0.05, 0.1) is 0 Å². The van der Waals surface area contributed by atoms with E-state index in [0.29, 0.717) is 11.5 Å². The Morgan fingerprint density at radius 2 is 1.31 bits per heavy atom. The number of hydrogen-bond acceptors (Lipinski definition) is 6. The van der Waals surface area contributed by atoms with E-state index in [9.17, 15) is 9.59 Å². The number of hydrogen-bond donors (Lipinski definition) is 0. The van der Waals surface area contributed by atoms with E-state index in [2.05, 4.69) is 17.9 Å². The summed E-state index contributed by atoms with van der Waals surface area (Å²) in [6.45, 7) is 8.51. The molecule has 0 spiro atoms. The lowest BCUT2D eigenvalue weighted by Crippen LogP contribution is -1.94. The third kappa shape index (κ3) is 6.88. The minimum atomic E-state index is -0.559. The monoisotopic (exact) mass is 392 g/mol. The van der Waals surface area contributed by atoms with Crippen LogP contribution < -0.4 is 9.47 Å². The smallest absolute Gasteiger partial charge is 0.335 e. The maximum Gasteiger partial charge on any atom is 0.335 e. The maximum atomic E-state index is 10.9. The van der Waals surface area contributed by atoms with Gasteiger partial charge in [-0.05, 0) is 47.9 Å². The first-order chi connectivity index (χ1) is 14.0. The third-order valence-electron chi connectivity index (χ3n) is 3.57. The van der Waals surface area contributed by atoms with Crippen molar-refractivity contribution in [3.63, 3.8) is 0 Å². The third-order valence-corrected chi connectivity index (χ3v) is 3.57. The minimum absolute atomic E-state index is 0.558. The SMILES string of the molecule is C=CC(=O)O/C=C\Oc1ccc(-c2ccc(O/C=C\OC(=O)C=C)c(C)c2)cc1. The van der Waals surface area contributed by atoms with Gasteiger partial charge in [-0.25, -0.2) is 9.59 Å². The van der Waals surface area contributed by atoms with Crippen molar-refractivity contribution in [1.29, 1.82) is 0 Å². The Morgan fingerprint density at radius 1 is 0.759 bits per heavy atom. The quantitative estimate of drug-likeness (QED) is 0.346. The van der Waals surface area contributed by atoms with Crippen LogP contribution in [0, 0.1) is 6.92 Å². The molecule has 2 rings (SSSR count). The van der Waals surface area contributed by atoms with Crippen LogP contribution in [-0.2, 0) is 19.1 Å². The van der Waals surface area contributed by atoms with E-state index >= 15 is 0 Å². The lowest BCUT2D eigenvalue weighted by Gasteiger charge is -2.08. The van der Waals surface area contributed by atoms with Gasteiger partial charge in [-0.15, -0.1) is 0 Å². The Bertz CT molecular complexity index is 938. The molecule has 0 N–H and O–H groups in total. The summed E-state index contributed by atoms with van der Waals surface area (Å²) < 4.78 is 20.2. The van der Waals surface area contributed by atoms with E-state index < -0.39 is 11.9 Å². The highest BCUT2D eigenvalue weighted by Gasteiger charge is 2.04. The molecule has 29 heavy (non-hydrogen) atoms. The van der Waals surface area contributed by atoms with Crippen molar-refractivity contribution in [3.05, 3.63) is 98.4 Å². The first kappa shape index (κ1) is 21.2. The normalized spacial score (nSPS) is 10.5. The van der Waals surface area contributed by atoms with Crippen LogP contribution >= 0.6 is 0 Å². The molecule has 0 aromatic heterocycles. The summed E-state index contributed by atoms with van der Waals surface area (Å²) in [7, 11) is 0. The molecular weight excluding hydrogens is 372 g/mol. The molecule has 0 bridgehead atoms. The zero-order valence-electron chi connectivity index (χ0n) is 15.9. The van der Waals surface area contributed by atoms with Gasteiger partial charge < -0.3 is 18.9 Å². The predicted octanol–water partition coefficient (Wildman–Crippen LogP) is 4.82. The van der Waals surface area contributed by atoms with Gasteiger partial charge in [-0.2, -0.15) is 0 Å². The summed E-state index contributed by atoms with van der Waals surface area (Å²) in [5.41, 5.74) is 2.90. The lowest BCUT2D eigenvalue weighted by molar-refractivity contribution is -0.133. The lowest BCUT2D eigenvalue weighted by atomic mass is 10.0. The molecule has 0 radical (unpaired) electrons. The Hall–Kier alpha value is -4.06. The summed E-state index contributed by atoms with van der Waals surface area (Å²) in [4.78, 5) is 21.9. The first-order valence-electron chi connectivity index (χ1n) is 8.54. The van der Waals surface area contributed by atoms with Gasteiger partial charge in [0.15, 0.2) is 0 Å². The van der Waals surface area contributed by atoms with Crippen molar-refractivity contribution >= 4 is 11.9 Å². The second-order valence-corrected chi connectivity index (χ2v) is 5.57. The standard InChI is InChI=1S/C23H20O6/c1-4-22(24)28-14-12-26-20-9-6-18(7-10-20)19-8-11-21(17(3)16-19)27-13-15-29-23(25)5-2/h4-16H,1-2H2,3H3/b14-12-,15-13-.